The second-order valence-electron chi connectivity index (χ2n) is 5.62. The number of rotatable bonds is 3. The summed E-state index contributed by atoms with van der Waals surface area (Å²) < 4.78 is 32.0. The third kappa shape index (κ3) is 2.59. The van der Waals surface area contributed by atoms with Crippen LogP contribution in [0.4, 0.5) is 8.78 Å². The SMILES string of the molecule is FC(F)n1ncc2ccc(-c3noc(C4CCNCC4)n3)cc21. The van der Waals surface area contributed by atoms with Crippen molar-refractivity contribution in [1.82, 2.24) is 25.2 Å². The average Bonchev–Trinajstić information content (AvgIpc) is 3.22. The quantitative estimate of drug-likeness (QED) is 0.804. The number of hydrogen-bond acceptors (Lipinski definition) is 5. The molecular weight excluding hydrogens is 304 g/mol. The molecule has 2 aromatic heterocycles. The van der Waals surface area contributed by atoms with Crippen molar-refractivity contribution >= 4 is 10.9 Å². The minimum absolute atomic E-state index is 0.257. The minimum Gasteiger partial charge on any atom is -0.339 e. The summed E-state index contributed by atoms with van der Waals surface area (Å²) in [5, 5.41) is 11.6. The zero-order valence-corrected chi connectivity index (χ0v) is 12.2. The number of alkyl halides is 2. The van der Waals surface area contributed by atoms with Gasteiger partial charge in [0, 0.05) is 16.9 Å². The fourth-order valence-electron chi connectivity index (χ4n) is 2.92. The molecule has 1 N–H and O–H groups in total. The highest BCUT2D eigenvalue weighted by molar-refractivity contribution is 5.83. The Morgan fingerprint density at radius 1 is 1.26 bits per heavy atom. The van der Waals surface area contributed by atoms with E-state index in [1.807, 2.05) is 0 Å². The molecule has 0 amide bonds. The van der Waals surface area contributed by atoms with Gasteiger partial charge >= 0.3 is 6.55 Å². The van der Waals surface area contributed by atoms with Gasteiger partial charge in [-0.15, -0.1) is 0 Å². The fraction of sp³-hybridized carbons (Fsp3) is 0.400. The smallest absolute Gasteiger partial charge is 0.333 e. The van der Waals surface area contributed by atoms with Gasteiger partial charge in [-0.1, -0.05) is 17.3 Å². The molecule has 0 aliphatic carbocycles. The standard InChI is InChI=1S/C15H15F2N5O/c16-15(17)22-12-7-10(1-2-11(12)8-19-22)13-20-14(23-21-13)9-3-5-18-6-4-9/h1-2,7-9,15,18H,3-6H2. The summed E-state index contributed by atoms with van der Waals surface area (Å²) in [7, 11) is 0. The van der Waals surface area contributed by atoms with Crippen LogP contribution in [0.3, 0.4) is 0 Å². The maximum atomic E-state index is 13.0. The van der Waals surface area contributed by atoms with Gasteiger partial charge in [0.2, 0.25) is 11.7 Å². The van der Waals surface area contributed by atoms with Gasteiger partial charge in [0.05, 0.1) is 11.7 Å². The summed E-state index contributed by atoms with van der Waals surface area (Å²) in [6.45, 7) is -0.817. The molecular formula is C15H15F2N5O. The van der Waals surface area contributed by atoms with Crippen LogP contribution < -0.4 is 5.32 Å². The van der Waals surface area contributed by atoms with Crippen LogP contribution in [0.1, 0.15) is 31.2 Å². The molecule has 0 bridgehead atoms. The Morgan fingerprint density at radius 3 is 2.87 bits per heavy atom. The summed E-state index contributed by atoms with van der Waals surface area (Å²) in [5.41, 5.74) is 0.995. The van der Waals surface area contributed by atoms with E-state index >= 15 is 0 Å². The van der Waals surface area contributed by atoms with E-state index in [0.29, 0.717) is 32.9 Å². The van der Waals surface area contributed by atoms with Crippen LogP contribution in [0.25, 0.3) is 22.3 Å². The van der Waals surface area contributed by atoms with Crippen molar-refractivity contribution in [1.29, 1.82) is 0 Å². The van der Waals surface area contributed by atoms with Crippen molar-refractivity contribution in [3.8, 4) is 11.4 Å². The van der Waals surface area contributed by atoms with Crippen LogP contribution in [-0.4, -0.2) is 33.0 Å². The van der Waals surface area contributed by atoms with E-state index in [9.17, 15) is 8.78 Å². The molecule has 0 atom stereocenters. The molecule has 8 heteroatoms. The topological polar surface area (TPSA) is 68.8 Å². The Morgan fingerprint density at radius 2 is 2.09 bits per heavy atom. The molecule has 1 aliphatic rings. The van der Waals surface area contributed by atoms with Gasteiger partial charge in [0.15, 0.2) is 0 Å². The number of aromatic nitrogens is 4. The molecule has 0 radical (unpaired) electrons. The molecule has 120 valence electrons. The molecule has 3 aromatic rings. The first-order valence-corrected chi connectivity index (χ1v) is 7.52. The van der Waals surface area contributed by atoms with Crippen molar-refractivity contribution < 1.29 is 13.3 Å². The summed E-state index contributed by atoms with van der Waals surface area (Å²) in [6.07, 6.45) is 3.33. The highest BCUT2D eigenvalue weighted by Crippen LogP contribution is 2.28. The Kier molecular flexibility index (Phi) is 3.53. The van der Waals surface area contributed by atoms with Gasteiger partial charge in [-0.25, -0.2) is 4.68 Å². The Balaban J connectivity index is 1.68. The van der Waals surface area contributed by atoms with Crippen molar-refractivity contribution in [3.63, 3.8) is 0 Å². The Labute approximate surface area is 130 Å². The van der Waals surface area contributed by atoms with Crippen molar-refractivity contribution in [2.75, 3.05) is 13.1 Å². The minimum atomic E-state index is -2.68. The van der Waals surface area contributed by atoms with Gasteiger partial charge in [-0.3, -0.25) is 0 Å². The number of fused-ring (bicyclic) bond motifs is 1. The fourth-order valence-corrected chi connectivity index (χ4v) is 2.92. The molecule has 23 heavy (non-hydrogen) atoms. The molecule has 6 nitrogen and oxygen atoms in total. The molecule has 1 aliphatic heterocycles. The van der Waals surface area contributed by atoms with E-state index in [2.05, 4.69) is 20.6 Å². The summed E-state index contributed by atoms with van der Waals surface area (Å²) in [6, 6.07) is 5.14. The van der Waals surface area contributed by atoms with E-state index < -0.39 is 6.55 Å². The van der Waals surface area contributed by atoms with Crippen molar-refractivity contribution in [2.24, 2.45) is 0 Å². The monoisotopic (exact) mass is 319 g/mol. The Hall–Kier alpha value is -2.35. The van der Waals surface area contributed by atoms with E-state index in [4.69, 9.17) is 4.52 Å². The zero-order valence-electron chi connectivity index (χ0n) is 12.2. The van der Waals surface area contributed by atoms with Crippen LogP contribution in [0, 0.1) is 0 Å². The molecule has 0 unspecified atom stereocenters. The highest BCUT2D eigenvalue weighted by atomic mass is 19.3. The summed E-state index contributed by atoms with van der Waals surface area (Å²) in [5.74, 6) is 1.29. The predicted octanol–water partition coefficient (Wildman–Crippen LogP) is 2.95. The maximum absolute atomic E-state index is 13.0. The molecule has 1 aromatic carbocycles. The molecule has 1 fully saturated rings. The third-order valence-electron chi connectivity index (χ3n) is 4.17. The first kappa shape index (κ1) is 14.3. The second kappa shape index (κ2) is 5.69. The lowest BCUT2D eigenvalue weighted by atomic mass is 9.98. The maximum Gasteiger partial charge on any atom is 0.333 e. The zero-order chi connectivity index (χ0) is 15.8. The lowest BCUT2D eigenvalue weighted by Gasteiger charge is -2.18. The summed E-state index contributed by atoms with van der Waals surface area (Å²) in [4.78, 5) is 4.45. The number of piperidine rings is 1. The lowest BCUT2D eigenvalue weighted by Crippen LogP contribution is -2.26. The number of hydrogen-bond donors (Lipinski definition) is 1. The highest BCUT2D eigenvalue weighted by Gasteiger charge is 2.22. The van der Waals surface area contributed by atoms with E-state index in [1.165, 1.54) is 6.20 Å². The second-order valence-corrected chi connectivity index (χ2v) is 5.62. The van der Waals surface area contributed by atoms with Crippen LogP contribution in [-0.2, 0) is 0 Å². The van der Waals surface area contributed by atoms with Gasteiger partial charge < -0.3 is 9.84 Å². The van der Waals surface area contributed by atoms with Crippen molar-refractivity contribution in [2.45, 2.75) is 25.3 Å². The molecule has 1 saturated heterocycles. The largest absolute Gasteiger partial charge is 0.339 e. The first-order chi connectivity index (χ1) is 11.2. The normalized spacial score (nSPS) is 16.5. The Bertz CT molecular complexity index is 822. The van der Waals surface area contributed by atoms with Gasteiger partial charge in [-0.2, -0.15) is 18.9 Å². The number of halogens is 2. The average molecular weight is 319 g/mol. The van der Waals surface area contributed by atoms with Crippen LogP contribution in [0.2, 0.25) is 0 Å². The van der Waals surface area contributed by atoms with Crippen molar-refractivity contribution in [3.05, 3.63) is 30.3 Å². The number of nitrogens with zero attached hydrogens (tertiary/aromatic N) is 4. The first-order valence-electron chi connectivity index (χ1n) is 7.52. The van der Waals surface area contributed by atoms with E-state index in [-0.39, 0.29) is 5.92 Å². The number of benzene rings is 1. The molecule has 3 heterocycles. The summed E-state index contributed by atoms with van der Waals surface area (Å²) >= 11 is 0. The van der Waals surface area contributed by atoms with E-state index in [1.54, 1.807) is 18.2 Å². The molecule has 0 spiro atoms. The predicted molar refractivity (Wildman–Crippen MR) is 79.1 cm³/mol. The van der Waals surface area contributed by atoms with Gasteiger partial charge in [0.1, 0.15) is 0 Å². The van der Waals surface area contributed by atoms with Gasteiger partial charge in [-0.05, 0) is 32.0 Å². The molecule has 4 rings (SSSR count). The third-order valence-corrected chi connectivity index (χ3v) is 4.17. The van der Waals surface area contributed by atoms with E-state index in [0.717, 1.165) is 25.9 Å². The van der Waals surface area contributed by atoms with Crippen LogP contribution in [0.5, 0.6) is 0 Å². The van der Waals surface area contributed by atoms with Crippen LogP contribution >= 0.6 is 0 Å². The number of nitrogens with one attached hydrogen (secondary N) is 1. The van der Waals surface area contributed by atoms with Gasteiger partial charge in [0.25, 0.3) is 0 Å². The lowest BCUT2D eigenvalue weighted by molar-refractivity contribution is 0.0615. The molecule has 0 saturated carbocycles. The van der Waals surface area contributed by atoms with Crippen LogP contribution in [0.15, 0.2) is 28.9 Å².